The number of hydrogen-bond acceptors (Lipinski definition) is 8. The first-order valence-electron chi connectivity index (χ1n) is 19.5. The van der Waals surface area contributed by atoms with Crippen molar-refractivity contribution in [3.8, 4) is 0 Å². The largest absolute Gasteiger partial charge is 0.481 e. The fraction of sp³-hybridized carbons (Fsp3) is 0.854. The molecule has 10 heteroatoms. The van der Waals surface area contributed by atoms with E-state index in [0.717, 1.165) is 44.9 Å². The number of hydrogen-bond donors (Lipinski definition) is 2. The van der Waals surface area contributed by atoms with Gasteiger partial charge in [0, 0.05) is 30.7 Å². The van der Waals surface area contributed by atoms with E-state index in [1.807, 2.05) is 0 Å². The Morgan fingerprint density at radius 1 is 0.745 bits per heavy atom. The second kappa shape index (κ2) is 15.3. The molecule has 0 bridgehead atoms. The molecule has 288 valence electrons. The number of ketones is 2. The van der Waals surface area contributed by atoms with Crippen molar-refractivity contribution in [2.45, 2.75) is 119 Å². The molecule has 4 saturated carbocycles. The SMILES string of the molecule is CC1(C)C(=O)CC[C@]2(C)[C@H]3C(=O)CC4=C5C[C@@](C)(C(=O)NCCOCCOCCOCCOCCC(=O)O)CC[C@]5(C)CC[C@@]4(C)[C@]3(C)CC[C@@H]12. The Labute approximate surface area is 305 Å². The first-order chi connectivity index (χ1) is 23.9. The van der Waals surface area contributed by atoms with Gasteiger partial charge in [0.05, 0.1) is 64.7 Å². The molecule has 7 atom stereocenters. The summed E-state index contributed by atoms with van der Waals surface area (Å²) in [5.74, 6) is 0.0811. The van der Waals surface area contributed by atoms with Crippen LogP contribution < -0.4 is 5.32 Å². The van der Waals surface area contributed by atoms with Crippen LogP contribution in [-0.2, 0) is 38.1 Å². The molecule has 1 amide bonds. The maximum Gasteiger partial charge on any atom is 0.305 e. The third kappa shape index (κ3) is 7.50. The van der Waals surface area contributed by atoms with Gasteiger partial charge in [-0.05, 0) is 78.9 Å². The summed E-state index contributed by atoms with van der Waals surface area (Å²) in [5, 5.41) is 11.7. The summed E-state index contributed by atoms with van der Waals surface area (Å²) in [6, 6.07) is 0. The van der Waals surface area contributed by atoms with E-state index in [2.05, 4.69) is 53.8 Å². The monoisotopic (exact) mass is 715 g/mol. The quantitative estimate of drug-likeness (QED) is 0.139. The first-order valence-corrected chi connectivity index (χ1v) is 19.5. The van der Waals surface area contributed by atoms with Crippen molar-refractivity contribution < 1.29 is 43.2 Å². The van der Waals surface area contributed by atoms with Crippen LogP contribution in [-0.4, -0.2) is 87.9 Å². The van der Waals surface area contributed by atoms with Crippen molar-refractivity contribution in [3.05, 3.63) is 11.1 Å². The molecule has 0 unspecified atom stereocenters. The molecule has 0 spiro atoms. The summed E-state index contributed by atoms with van der Waals surface area (Å²) < 4.78 is 21.8. The molecule has 0 aliphatic heterocycles. The summed E-state index contributed by atoms with van der Waals surface area (Å²) in [6.45, 7) is 19.3. The van der Waals surface area contributed by atoms with Gasteiger partial charge in [0.15, 0.2) is 0 Å². The van der Waals surface area contributed by atoms with E-state index >= 15 is 0 Å². The number of carboxylic acids is 1. The zero-order chi connectivity index (χ0) is 37.3. The number of ether oxygens (including phenoxy) is 4. The summed E-state index contributed by atoms with van der Waals surface area (Å²) in [5.41, 5.74) is 1.35. The highest BCUT2D eigenvalue weighted by atomic mass is 16.6. The lowest BCUT2D eigenvalue weighted by Gasteiger charge is -2.69. The number of amides is 1. The lowest BCUT2D eigenvalue weighted by molar-refractivity contribution is -0.188. The van der Waals surface area contributed by atoms with Crippen LogP contribution in [0.1, 0.15) is 119 Å². The second-order valence-electron chi connectivity index (χ2n) is 18.2. The fourth-order valence-corrected chi connectivity index (χ4v) is 11.5. The molecule has 2 N–H and O–H groups in total. The average Bonchev–Trinajstić information content (AvgIpc) is 3.06. The number of carbonyl (C=O) groups excluding carboxylic acids is 3. The predicted molar refractivity (Wildman–Crippen MR) is 193 cm³/mol. The Hall–Kier alpha value is -2.14. The highest BCUT2D eigenvalue weighted by molar-refractivity contribution is 5.90. The van der Waals surface area contributed by atoms with Gasteiger partial charge in [0.25, 0.3) is 0 Å². The molecule has 0 aromatic carbocycles. The van der Waals surface area contributed by atoms with Crippen molar-refractivity contribution in [3.63, 3.8) is 0 Å². The van der Waals surface area contributed by atoms with Gasteiger partial charge in [-0.25, -0.2) is 0 Å². The minimum Gasteiger partial charge on any atom is -0.481 e. The van der Waals surface area contributed by atoms with E-state index in [4.69, 9.17) is 24.1 Å². The zero-order valence-electron chi connectivity index (χ0n) is 32.5. The predicted octanol–water partition coefficient (Wildman–Crippen LogP) is 6.34. The van der Waals surface area contributed by atoms with Crippen LogP contribution in [0.15, 0.2) is 11.1 Å². The van der Waals surface area contributed by atoms with E-state index in [1.54, 1.807) is 0 Å². The number of carbonyl (C=O) groups is 4. The van der Waals surface area contributed by atoms with Gasteiger partial charge in [-0.15, -0.1) is 0 Å². The average molecular weight is 716 g/mol. The Balaban J connectivity index is 1.14. The molecular formula is C41H65NO9. The third-order valence-corrected chi connectivity index (χ3v) is 14.8. The second-order valence-corrected chi connectivity index (χ2v) is 18.2. The van der Waals surface area contributed by atoms with Gasteiger partial charge in [-0.2, -0.15) is 0 Å². The number of aliphatic carboxylic acids is 1. The van der Waals surface area contributed by atoms with Gasteiger partial charge in [0.2, 0.25) is 5.91 Å². The number of Topliss-reactive ketones (excluding diaryl/α,β-unsaturated/α-hetero) is 2. The maximum absolute atomic E-state index is 14.6. The third-order valence-electron chi connectivity index (χ3n) is 14.8. The van der Waals surface area contributed by atoms with Crippen LogP contribution >= 0.6 is 0 Å². The van der Waals surface area contributed by atoms with Crippen molar-refractivity contribution in [2.24, 2.45) is 44.3 Å². The van der Waals surface area contributed by atoms with Crippen LogP contribution in [0, 0.1) is 44.3 Å². The molecule has 51 heavy (non-hydrogen) atoms. The van der Waals surface area contributed by atoms with Crippen LogP contribution in [0.2, 0.25) is 0 Å². The normalized spacial score (nSPS) is 37.2. The van der Waals surface area contributed by atoms with Crippen LogP contribution in [0.5, 0.6) is 0 Å². The molecular weight excluding hydrogens is 650 g/mol. The lowest BCUT2D eigenvalue weighted by atomic mass is 9.34. The highest BCUT2D eigenvalue weighted by Crippen LogP contribution is 2.74. The molecule has 0 heterocycles. The Bertz CT molecular complexity index is 1370. The smallest absolute Gasteiger partial charge is 0.305 e. The molecule has 5 aliphatic rings. The zero-order valence-corrected chi connectivity index (χ0v) is 32.5. The topological polar surface area (TPSA) is 137 Å². The number of allylic oxidation sites excluding steroid dienone is 2. The Morgan fingerprint density at radius 2 is 1.33 bits per heavy atom. The van der Waals surface area contributed by atoms with Gasteiger partial charge in [-0.1, -0.05) is 59.6 Å². The number of rotatable bonds is 16. The standard InChI is InChI=1S/C41H65NO9/c1-36(2)31-8-12-41(7)34(39(31,5)11-9-32(36)44)30(43)26-28-29-27-38(4,14-13-37(29,3)15-16-40(28,41)6)35(47)42-17-19-49-21-23-51-25-24-50-22-20-48-18-10-33(45)46/h31,34H,8-27H2,1-7H3,(H,42,47)(H,45,46)/t31-,34+,37+,38-,39-,40+,41+/m0/s1. The van der Waals surface area contributed by atoms with Crippen molar-refractivity contribution in [1.82, 2.24) is 5.32 Å². The minimum atomic E-state index is -0.881. The minimum absolute atomic E-state index is 0.0150. The van der Waals surface area contributed by atoms with E-state index in [1.165, 1.54) is 11.1 Å². The van der Waals surface area contributed by atoms with Gasteiger partial charge in [-0.3, -0.25) is 19.2 Å². The molecule has 4 fully saturated rings. The van der Waals surface area contributed by atoms with Crippen molar-refractivity contribution in [1.29, 1.82) is 0 Å². The van der Waals surface area contributed by atoms with E-state index in [-0.39, 0.29) is 52.4 Å². The molecule has 0 saturated heterocycles. The molecule has 5 rings (SSSR count). The summed E-state index contributed by atoms with van der Waals surface area (Å²) in [6.07, 6.45) is 8.44. The first kappa shape index (κ1) is 40.1. The lowest BCUT2D eigenvalue weighted by Crippen LogP contribution is -2.66. The van der Waals surface area contributed by atoms with E-state index < -0.39 is 16.8 Å². The number of fused-ring (bicyclic) bond motifs is 6. The van der Waals surface area contributed by atoms with E-state index in [9.17, 15) is 19.2 Å². The molecule has 5 aliphatic carbocycles. The van der Waals surface area contributed by atoms with E-state index in [0.29, 0.717) is 83.6 Å². The molecule has 10 nitrogen and oxygen atoms in total. The molecule has 0 radical (unpaired) electrons. The van der Waals surface area contributed by atoms with Gasteiger partial charge in [0.1, 0.15) is 11.6 Å². The van der Waals surface area contributed by atoms with Crippen LogP contribution in [0.3, 0.4) is 0 Å². The Kier molecular flexibility index (Phi) is 12.0. The summed E-state index contributed by atoms with van der Waals surface area (Å²) in [7, 11) is 0. The summed E-state index contributed by atoms with van der Waals surface area (Å²) >= 11 is 0. The van der Waals surface area contributed by atoms with Crippen LogP contribution in [0.4, 0.5) is 0 Å². The number of nitrogens with one attached hydrogen (secondary N) is 1. The Morgan fingerprint density at radius 3 is 1.96 bits per heavy atom. The fourth-order valence-electron chi connectivity index (χ4n) is 11.5. The van der Waals surface area contributed by atoms with Gasteiger partial charge >= 0.3 is 5.97 Å². The van der Waals surface area contributed by atoms with Gasteiger partial charge < -0.3 is 29.4 Å². The van der Waals surface area contributed by atoms with Crippen LogP contribution in [0.25, 0.3) is 0 Å². The number of carboxylic acid groups (broad SMARTS) is 1. The van der Waals surface area contributed by atoms with Crippen molar-refractivity contribution >= 4 is 23.4 Å². The highest BCUT2D eigenvalue weighted by Gasteiger charge is 2.70. The summed E-state index contributed by atoms with van der Waals surface area (Å²) in [4.78, 5) is 51.9. The molecule has 0 aromatic heterocycles. The molecule has 0 aromatic rings. The maximum atomic E-state index is 14.6. The van der Waals surface area contributed by atoms with Crippen molar-refractivity contribution in [2.75, 3.05) is 59.4 Å².